The summed E-state index contributed by atoms with van der Waals surface area (Å²) in [7, 11) is 0. The minimum Gasteiger partial charge on any atom is -0.381 e. The quantitative estimate of drug-likeness (QED) is 0.900. The Morgan fingerprint density at radius 3 is 3.11 bits per heavy atom. The van der Waals surface area contributed by atoms with Gasteiger partial charge in [0.2, 0.25) is 0 Å². The summed E-state index contributed by atoms with van der Waals surface area (Å²) in [4.78, 5) is 4.38. The van der Waals surface area contributed by atoms with Crippen LogP contribution >= 0.6 is 0 Å². The van der Waals surface area contributed by atoms with E-state index >= 15 is 0 Å². The average Bonchev–Trinajstić information content (AvgIpc) is 2.91. The van der Waals surface area contributed by atoms with Gasteiger partial charge in [-0.25, -0.2) is 0 Å². The molecule has 2 unspecified atom stereocenters. The van der Waals surface area contributed by atoms with Gasteiger partial charge < -0.3 is 10.5 Å². The third-order valence-corrected chi connectivity index (χ3v) is 3.69. The molecule has 1 aromatic heterocycles. The van der Waals surface area contributed by atoms with E-state index in [-0.39, 0.29) is 6.04 Å². The maximum Gasteiger partial charge on any atom is 0.0705 e. The molecule has 0 amide bonds. The number of pyridine rings is 1. The molecule has 3 heteroatoms. The molecule has 0 aliphatic carbocycles. The molecule has 3 nitrogen and oxygen atoms in total. The fourth-order valence-corrected chi connectivity index (χ4v) is 2.71. The summed E-state index contributed by atoms with van der Waals surface area (Å²) in [5.41, 5.74) is 8.58. The molecule has 1 fully saturated rings. The van der Waals surface area contributed by atoms with Crippen molar-refractivity contribution in [3.63, 3.8) is 0 Å². The van der Waals surface area contributed by atoms with Crippen molar-refractivity contribution < 1.29 is 4.74 Å². The van der Waals surface area contributed by atoms with Gasteiger partial charge in [-0.05, 0) is 36.5 Å². The van der Waals surface area contributed by atoms with Crippen LogP contribution in [-0.4, -0.2) is 18.2 Å². The number of nitrogens with zero attached hydrogens (tertiary/aromatic N) is 1. The highest BCUT2D eigenvalue weighted by Gasteiger charge is 2.20. The molecular formula is C15H18N2O. The van der Waals surface area contributed by atoms with Crippen molar-refractivity contribution in [1.82, 2.24) is 4.98 Å². The van der Waals surface area contributed by atoms with Gasteiger partial charge >= 0.3 is 0 Å². The number of fused-ring (bicyclic) bond motifs is 1. The van der Waals surface area contributed by atoms with Crippen LogP contribution in [0.3, 0.4) is 0 Å². The maximum atomic E-state index is 6.36. The Hall–Kier alpha value is -1.45. The third-order valence-electron chi connectivity index (χ3n) is 3.69. The molecule has 2 N–H and O–H groups in total. The number of benzene rings is 1. The minimum absolute atomic E-state index is 0.0737. The molecule has 94 valence electrons. The van der Waals surface area contributed by atoms with Crippen molar-refractivity contribution in [2.24, 2.45) is 11.7 Å². The number of ether oxygens (including phenoxy) is 1. The highest BCUT2D eigenvalue weighted by atomic mass is 16.5. The summed E-state index contributed by atoms with van der Waals surface area (Å²) in [5, 5.41) is 1.17. The van der Waals surface area contributed by atoms with Crippen LogP contribution < -0.4 is 5.73 Å². The molecule has 1 saturated heterocycles. The van der Waals surface area contributed by atoms with Crippen LogP contribution in [0.1, 0.15) is 24.4 Å². The average molecular weight is 242 g/mol. The van der Waals surface area contributed by atoms with Gasteiger partial charge in [0.1, 0.15) is 0 Å². The SMILES string of the molecule is NC(CC1CCOC1)c1cccc2ncccc12. The number of hydrogen-bond donors (Lipinski definition) is 1. The molecule has 1 aromatic carbocycles. The summed E-state index contributed by atoms with van der Waals surface area (Å²) in [6.07, 6.45) is 3.95. The maximum absolute atomic E-state index is 6.36. The van der Waals surface area contributed by atoms with E-state index in [0.717, 1.165) is 31.6 Å². The van der Waals surface area contributed by atoms with Crippen molar-refractivity contribution in [3.8, 4) is 0 Å². The standard InChI is InChI=1S/C15H18N2O/c16-14(9-11-6-8-18-10-11)12-3-1-5-15-13(12)4-2-7-17-15/h1-5,7,11,14H,6,8-10,16H2. The van der Waals surface area contributed by atoms with E-state index in [1.54, 1.807) is 0 Å². The van der Waals surface area contributed by atoms with E-state index in [9.17, 15) is 0 Å². The smallest absolute Gasteiger partial charge is 0.0705 e. The highest BCUT2D eigenvalue weighted by Crippen LogP contribution is 2.28. The fourth-order valence-electron chi connectivity index (χ4n) is 2.71. The molecule has 2 aromatic rings. The molecule has 0 bridgehead atoms. The topological polar surface area (TPSA) is 48.1 Å². The Bertz CT molecular complexity index is 530. The predicted molar refractivity (Wildman–Crippen MR) is 72.2 cm³/mol. The number of aromatic nitrogens is 1. The molecule has 0 saturated carbocycles. The first kappa shape index (κ1) is 11.6. The van der Waals surface area contributed by atoms with Gasteiger partial charge in [-0.1, -0.05) is 18.2 Å². The van der Waals surface area contributed by atoms with Gasteiger partial charge in [0.05, 0.1) is 5.52 Å². The largest absolute Gasteiger partial charge is 0.381 e. The van der Waals surface area contributed by atoms with Crippen LogP contribution in [0.15, 0.2) is 36.5 Å². The van der Waals surface area contributed by atoms with Crippen LogP contribution in [0.5, 0.6) is 0 Å². The summed E-state index contributed by atoms with van der Waals surface area (Å²) in [6.45, 7) is 1.74. The van der Waals surface area contributed by atoms with E-state index in [4.69, 9.17) is 10.5 Å². The number of nitrogens with two attached hydrogens (primary N) is 1. The molecule has 1 aliphatic heterocycles. The lowest BCUT2D eigenvalue weighted by atomic mass is 9.92. The summed E-state index contributed by atoms with van der Waals surface area (Å²) < 4.78 is 5.41. The predicted octanol–water partition coefficient (Wildman–Crippen LogP) is 2.66. The molecule has 0 spiro atoms. The Morgan fingerprint density at radius 2 is 2.28 bits per heavy atom. The monoisotopic (exact) mass is 242 g/mol. The zero-order valence-corrected chi connectivity index (χ0v) is 10.4. The van der Waals surface area contributed by atoms with Gasteiger partial charge in [-0.2, -0.15) is 0 Å². The van der Waals surface area contributed by atoms with Crippen molar-refractivity contribution in [3.05, 3.63) is 42.1 Å². The van der Waals surface area contributed by atoms with E-state index in [1.165, 1.54) is 10.9 Å². The van der Waals surface area contributed by atoms with Gasteiger partial charge in [-0.3, -0.25) is 4.98 Å². The van der Waals surface area contributed by atoms with Crippen molar-refractivity contribution in [1.29, 1.82) is 0 Å². The van der Waals surface area contributed by atoms with Crippen LogP contribution in [-0.2, 0) is 4.74 Å². The summed E-state index contributed by atoms with van der Waals surface area (Å²) >= 11 is 0. The fraction of sp³-hybridized carbons (Fsp3) is 0.400. The molecule has 3 rings (SSSR count). The Morgan fingerprint density at radius 1 is 1.33 bits per heavy atom. The van der Waals surface area contributed by atoms with E-state index in [1.807, 2.05) is 24.4 Å². The van der Waals surface area contributed by atoms with Crippen molar-refractivity contribution in [2.45, 2.75) is 18.9 Å². The highest BCUT2D eigenvalue weighted by molar-refractivity contribution is 5.82. The van der Waals surface area contributed by atoms with Crippen LogP contribution in [0.4, 0.5) is 0 Å². The first-order valence-electron chi connectivity index (χ1n) is 6.51. The van der Waals surface area contributed by atoms with Gasteiger partial charge in [-0.15, -0.1) is 0 Å². The number of rotatable bonds is 3. The van der Waals surface area contributed by atoms with E-state index in [2.05, 4.69) is 17.1 Å². The lowest BCUT2D eigenvalue weighted by molar-refractivity contribution is 0.182. The first-order valence-corrected chi connectivity index (χ1v) is 6.51. The second-order valence-corrected chi connectivity index (χ2v) is 4.99. The van der Waals surface area contributed by atoms with Crippen molar-refractivity contribution >= 4 is 10.9 Å². The molecule has 1 aliphatic rings. The minimum atomic E-state index is 0.0737. The Balaban J connectivity index is 1.88. The van der Waals surface area contributed by atoms with Gasteiger partial charge in [0.25, 0.3) is 0 Å². The number of hydrogen-bond acceptors (Lipinski definition) is 3. The second-order valence-electron chi connectivity index (χ2n) is 4.99. The Labute approximate surface area is 107 Å². The normalized spacial score (nSPS) is 21.3. The van der Waals surface area contributed by atoms with Gasteiger partial charge in [0.15, 0.2) is 0 Å². The zero-order valence-electron chi connectivity index (χ0n) is 10.4. The second kappa shape index (κ2) is 5.04. The van der Waals surface area contributed by atoms with E-state index in [0.29, 0.717) is 5.92 Å². The molecule has 2 heterocycles. The van der Waals surface area contributed by atoms with Crippen molar-refractivity contribution in [2.75, 3.05) is 13.2 Å². The third kappa shape index (κ3) is 2.24. The Kier molecular flexibility index (Phi) is 3.26. The van der Waals surface area contributed by atoms with Crippen LogP contribution in [0.2, 0.25) is 0 Å². The summed E-state index contributed by atoms with van der Waals surface area (Å²) in [5.74, 6) is 0.604. The van der Waals surface area contributed by atoms with Crippen LogP contribution in [0.25, 0.3) is 10.9 Å². The van der Waals surface area contributed by atoms with Crippen LogP contribution in [0, 0.1) is 5.92 Å². The molecule has 2 atom stereocenters. The van der Waals surface area contributed by atoms with Gasteiger partial charge in [0, 0.05) is 30.8 Å². The lowest BCUT2D eigenvalue weighted by Crippen LogP contribution is -2.16. The summed E-state index contributed by atoms with van der Waals surface area (Å²) in [6, 6.07) is 10.3. The molecule has 0 radical (unpaired) electrons. The molecular weight excluding hydrogens is 224 g/mol. The molecule has 18 heavy (non-hydrogen) atoms. The lowest BCUT2D eigenvalue weighted by Gasteiger charge is -2.17. The first-order chi connectivity index (χ1) is 8.84. The zero-order chi connectivity index (χ0) is 12.4. The van der Waals surface area contributed by atoms with E-state index < -0.39 is 0 Å².